The van der Waals surface area contributed by atoms with Crippen molar-refractivity contribution in [3.05, 3.63) is 28.5 Å². The van der Waals surface area contributed by atoms with E-state index in [2.05, 4.69) is 5.32 Å². The molecule has 1 aromatic rings. The molecular weight excluding hydrogens is 244 g/mol. The summed E-state index contributed by atoms with van der Waals surface area (Å²) in [6, 6.07) is 4.37. The number of hydrogen-bond donors (Lipinski definition) is 1. The third kappa shape index (κ3) is 3.43. The molecule has 3 nitrogen and oxygen atoms in total. The van der Waals surface area contributed by atoms with Crippen LogP contribution in [0, 0.1) is 0 Å². The zero-order valence-corrected chi connectivity index (χ0v) is 11.6. The third-order valence-electron chi connectivity index (χ3n) is 3.28. The molecule has 4 heteroatoms. The number of rotatable bonds is 4. The number of piperidine rings is 1. The SMILES string of the molecule is CNCC1CCCCN1C(=O)C=Cc1cccs1. The van der Waals surface area contributed by atoms with E-state index in [1.807, 2.05) is 35.5 Å². The van der Waals surface area contributed by atoms with Gasteiger partial charge in [0, 0.05) is 30.1 Å². The van der Waals surface area contributed by atoms with Crippen LogP contribution in [0.5, 0.6) is 0 Å². The van der Waals surface area contributed by atoms with Crippen LogP contribution in [-0.2, 0) is 4.79 Å². The highest BCUT2D eigenvalue weighted by Gasteiger charge is 2.24. The van der Waals surface area contributed by atoms with Crippen LogP contribution >= 0.6 is 11.3 Å². The summed E-state index contributed by atoms with van der Waals surface area (Å²) < 4.78 is 0. The van der Waals surface area contributed by atoms with Crippen LogP contribution in [-0.4, -0.2) is 37.0 Å². The first-order chi connectivity index (χ1) is 8.81. The fourth-order valence-electron chi connectivity index (χ4n) is 2.37. The van der Waals surface area contributed by atoms with Gasteiger partial charge in [-0.15, -0.1) is 11.3 Å². The van der Waals surface area contributed by atoms with E-state index in [1.165, 1.54) is 6.42 Å². The summed E-state index contributed by atoms with van der Waals surface area (Å²) in [5.74, 6) is 0.142. The molecule has 0 spiro atoms. The molecule has 1 saturated heterocycles. The van der Waals surface area contributed by atoms with Crippen LogP contribution in [0.3, 0.4) is 0 Å². The Morgan fingerprint density at radius 3 is 3.22 bits per heavy atom. The van der Waals surface area contributed by atoms with E-state index in [0.29, 0.717) is 6.04 Å². The van der Waals surface area contributed by atoms with Gasteiger partial charge in [-0.2, -0.15) is 0 Å². The first kappa shape index (κ1) is 13.3. The highest BCUT2D eigenvalue weighted by atomic mass is 32.1. The monoisotopic (exact) mass is 264 g/mol. The van der Waals surface area contributed by atoms with Gasteiger partial charge in [-0.3, -0.25) is 4.79 Å². The molecule has 1 fully saturated rings. The smallest absolute Gasteiger partial charge is 0.246 e. The molecule has 1 aliphatic rings. The predicted molar refractivity (Wildman–Crippen MR) is 76.6 cm³/mol. The van der Waals surface area contributed by atoms with Crippen LogP contribution < -0.4 is 5.32 Å². The number of hydrogen-bond acceptors (Lipinski definition) is 3. The van der Waals surface area contributed by atoms with E-state index in [1.54, 1.807) is 17.4 Å². The molecule has 0 radical (unpaired) electrons. The van der Waals surface area contributed by atoms with Crippen LogP contribution in [0.1, 0.15) is 24.1 Å². The highest BCUT2D eigenvalue weighted by Crippen LogP contribution is 2.17. The lowest BCUT2D eigenvalue weighted by Gasteiger charge is -2.35. The first-order valence-electron chi connectivity index (χ1n) is 6.48. The first-order valence-corrected chi connectivity index (χ1v) is 7.36. The molecular formula is C14H20N2OS. The van der Waals surface area contributed by atoms with Crippen LogP contribution in [0.4, 0.5) is 0 Å². The summed E-state index contributed by atoms with van der Waals surface area (Å²) in [6.07, 6.45) is 7.08. The number of likely N-dealkylation sites (N-methyl/N-ethyl adjacent to an activating group) is 1. The second kappa shape index (κ2) is 6.71. The second-order valence-electron chi connectivity index (χ2n) is 4.59. The third-order valence-corrected chi connectivity index (χ3v) is 4.12. The number of nitrogens with zero attached hydrogens (tertiary/aromatic N) is 1. The normalized spacial score (nSPS) is 20.5. The van der Waals surface area contributed by atoms with Gasteiger partial charge in [0.25, 0.3) is 0 Å². The van der Waals surface area contributed by atoms with Gasteiger partial charge in [-0.1, -0.05) is 6.07 Å². The van der Waals surface area contributed by atoms with Crippen molar-refractivity contribution < 1.29 is 4.79 Å². The van der Waals surface area contributed by atoms with Crippen molar-refractivity contribution in [3.63, 3.8) is 0 Å². The van der Waals surface area contributed by atoms with Gasteiger partial charge in [-0.05, 0) is 43.8 Å². The summed E-state index contributed by atoms with van der Waals surface area (Å²) in [5.41, 5.74) is 0. The standard InChI is InChI=1S/C14H20N2OS/c1-15-11-12-5-2-3-9-16(12)14(17)8-7-13-6-4-10-18-13/h4,6-8,10,12,15H,2-3,5,9,11H2,1H3. The van der Waals surface area contributed by atoms with Crippen molar-refractivity contribution in [2.75, 3.05) is 20.1 Å². The molecule has 2 heterocycles. The van der Waals surface area contributed by atoms with E-state index in [0.717, 1.165) is 30.8 Å². The van der Waals surface area contributed by atoms with Gasteiger partial charge < -0.3 is 10.2 Å². The van der Waals surface area contributed by atoms with E-state index in [9.17, 15) is 4.79 Å². The van der Waals surface area contributed by atoms with Gasteiger partial charge in [0.1, 0.15) is 0 Å². The number of carbonyl (C=O) groups excluding carboxylic acids is 1. The summed E-state index contributed by atoms with van der Waals surface area (Å²) in [7, 11) is 1.94. The second-order valence-corrected chi connectivity index (χ2v) is 5.57. The molecule has 1 unspecified atom stereocenters. The minimum absolute atomic E-state index is 0.142. The molecule has 0 saturated carbocycles. The number of carbonyl (C=O) groups is 1. The Kier molecular flexibility index (Phi) is 4.96. The Morgan fingerprint density at radius 1 is 1.61 bits per heavy atom. The molecule has 1 aromatic heterocycles. The Balaban J connectivity index is 1.97. The number of amides is 1. The Hall–Kier alpha value is -1.13. The molecule has 1 amide bonds. The zero-order valence-electron chi connectivity index (χ0n) is 10.8. The van der Waals surface area contributed by atoms with Crippen molar-refractivity contribution in [1.29, 1.82) is 0 Å². The largest absolute Gasteiger partial charge is 0.335 e. The topological polar surface area (TPSA) is 32.3 Å². The average Bonchev–Trinajstić information content (AvgIpc) is 2.90. The number of likely N-dealkylation sites (tertiary alicyclic amines) is 1. The fraction of sp³-hybridized carbons (Fsp3) is 0.500. The average molecular weight is 264 g/mol. The molecule has 18 heavy (non-hydrogen) atoms. The van der Waals surface area contributed by atoms with Gasteiger partial charge in [-0.25, -0.2) is 0 Å². The van der Waals surface area contributed by atoms with Crippen molar-refractivity contribution in [2.24, 2.45) is 0 Å². The summed E-state index contributed by atoms with van der Waals surface area (Å²) in [6.45, 7) is 1.78. The van der Waals surface area contributed by atoms with Gasteiger partial charge in [0.2, 0.25) is 5.91 Å². The van der Waals surface area contributed by atoms with Crippen molar-refractivity contribution >= 4 is 23.3 Å². The maximum atomic E-state index is 12.2. The molecule has 1 atom stereocenters. The van der Waals surface area contributed by atoms with Gasteiger partial charge in [0.15, 0.2) is 0 Å². The van der Waals surface area contributed by atoms with Crippen molar-refractivity contribution in [2.45, 2.75) is 25.3 Å². The number of nitrogens with one attached hydrogen (secondary N) is 1. The lowest BCUT2D eigenvalue weighted by molar-refractivity contribution is -0.129. The molecule has 98 valence electrons. The summed E-state index contributed by atoms with van der Waals surface area (Å²) in [5, 5.41) is 5.20. The summed E-state index contributed by atoms with van der Waals surface area (Å²) >= 11 is 1.65. The van der Waals surface area contributed by atoms with Gasteiger partial charge >= 0.3 is 0 Å². The molecule has 2 rings (SSSR count). The van der Waals surface area contributed by atoms with Crippen molar-refractivity contribution in [1.82, 2.24) is 10.2 Å². The molecule has 1 N–H and O–H groups in total. The molecule has 0 aromatic carbocycles. The minimum atomic E-state index is 0.142. The van der Waals surface area contributed by atoms with Gasteiger partial charge in [0.05, 0.1) is 0 Å². The minimum Gasteiger partial charge on any atom is -0.335 e. The lowest BCUT2D eigenvalue weighted by atomic mass is 10.0. The van der Waals surface area contributed by atoms with E-state index in [-0.39, 0.29) is 5.91 Å². The van der Waals surface area contributed by atoms with Crippen LogP contribution in [0.2, 0.25) is 0 Å². The molecule has 0 bridgehead atoms. The van der Waals surface area contributed by atoms with Crippen LogP contribution in [0.15, 0.2) is 23.6 Å². The fourth-order valence-corrected chi connectivity index (χ4v) is 2.99. The number of thiophene rings is 1. The highest BCUT2D eigenvalue weighted by molar-refractivity contribution is 7.10. The van der Waals surface area contributed by atoms with E-state index in [4.69, 9.17) is 0 Å². The Bertz CT molecular complexity index is 398. The van der Waals surface area contributed by atoms with Crippen molar-refractivity contribution in [3.8, 4) is 0 Å². The maximum Gasteiger partial charge on any atom is 0.246 e. The Morgan fingerprint density at radius 2 is 2.50 bits per heavy atom. The Labute approximate surface area is 112 Å². The lowest BCUT2D eigenvalue weighted by Crippen LogP contribution is -2.47. The maximum absolute atomic E-state index is 12.2. The van der Waals surface area contributed by atoms with E-state index < -0.39 is 0 Å². The zero-order chi connectivity index (χ0) is 12.8. The van der Waals surface area contributed by atoms with Crippen LogP contribution in [0.25, 0.3) is 6.08 Å². The van der Waals surface area contributed by atoms with E-state index >= 15 is 0 Å². The quantitative estimate of drug-likeness (QED) is 0.847. The predicted octanol–water partition coefficient (Wildman–Crippen LogP) is 2.36. The molecule has 0 aliphatic carbocycles. The molecule has 1 aliphatic heterocycles. The summed E-state index contributed by atoms with van der Waals surface area (Å²) in [4.78, 5) is 15.3.